The molecular weight excluding hydrogens is 564 g/mol. The largest absolute Gasteiger partial charge is 0.489 e. The molecule has 0 heterocycles. The average molecular weight is 619 g/mol. The van der Waals surface area contributed by atoms with Gasteiger partial charge in [0, 0.05) is 0 Å². The fraction of sp³-hybridized carbons (Fsp3) is 0.429. The summed E-state index contributed by atoms with van der Waals surface area (Å²) in [5, 5.41) is 8.86. The molecule has 0 aliphatic heterocycles. The maximum Gasteiger partial charge on any atom is 0.119 e. The number of rotatable bonds is 8. The number of hydrogen-bond acceptors (Lipinski definition) is 4. The molecule has 0 aliphatic rings. The Kier molecular flexibility index (Phi) is 10.2. The Morgan fingerprint density at radius 1 is 0.391 bits per heavy atom. The second-order valence-electron chi connectivity index (χ2n) is 16.6. The van der Waals surface area contributed by atoms with Crippen LogP contribution in [0.5, 0.6) is 11.5 Å². The number of nitrogens with zero attached hydrogens (tertiary/aromatic N) is 2. The van der Waals surface area contributed by atoms with Crippen molar-refractivity contribution in [2.75, 3.05) is 0 Å². The number of benzene rings is 4. The monoisotopic (exact) mass is 618 g/mol. The van der Waals surface area contributed by atoms with Crippen LogP contribution in [0.2, 0.25) is 0 Å². The highest BCUT2D eigenvalue weighted by molar-refractivity contribution is 5.45. The van der Waals surface area contributed by atoms with Crippen LogP contribution in [0.4, 0.5) is 11.4 Å². The molecular formula is C42H54N2O2. The van der Waals surface area contributed by atoms with Crippen LogP contribution >= 0.6 is 0 Å². The van der Waals surface area contributed by atoms with Crippen LogP contribution in [0.1, 0.15) is 116 Å². The SMILES string of the molecule is CC(C)(C)c1cc(COc2ccc(N=Nc3ccc(OCc4cc(C(C)(C)C)cc(C(C)(C)C)c4)cc3)cc2)cc(C(C)(C)C)c1. The fourth-order valence-corrected chi connectivity index (χ4v) is 4.95. The van der Waals surface area contributed by atoms with Crippen molar-refractivity contribution in [2.24, 2.45) is 10.2 Å². The summed E-state index contributed by atoms with van der Waals surface area (Å²) in [5.74, 6) is 1.61. The van der Waals surface area contributed by atoms with E-state index in [1.165, 1.54) is 33.4 Å². The average Bonchev–Trinajstić information content (AvgIpc) is 2.97. The first-order valence-corrected chi connectivity index (χ1v) is 16.4. The molecule has 0 bridgehead atoms. The van der Waals surface area contributed by atoms with Crippen molar-refractivity contribution in [3.8, 4) is 11.5 Å². The molecule has 0 saturated heterocycles. The van der Waals surface area contributed by atoms with E-state index in [1.807, 2.05) is 48.5 Å². The molecule has 4 aromatic rings. The molecule has 46 heavy (non-hydrogen) atoms. The molecule has 0 amide bonds. The van der Waals surface area contributed by atoms with Crippen molar-refractivity contribution in [3.63, 3.8) is 0 Å². The molecule has 0 aliphatic carbocycles. The third kappa shape index (κ3) is 9.79. The van der Waals surface area contributed by atoms with Gasteiger partial charge in [-0.25, -0.2) is 0 Å². The zero-order valence-electron chi connectivity index (χ0n) is 30.2. The number of ether oxygens (including phenoxy) is 2. The first-order valence-electron chi connectivity index (χ1n) is 16.4. The molecule has 0 fully saturated rings. The van der Waals surface area contributed by atoms with Gasteiger partial charge in [-0.1, -0.05) is 119 Å². The standard InChI is InChI=1S/C42H54N2O2/c1-39(2,3)31-21-29(22-32(25-31)40(4,5)6)27-45-37-17-13-35(14-18-37)43-44-36-15-19-38(20-16-36)46-28-30-23-33(41(7,8)9)26-34(24-30)42(10,11)12/h13-26H,27-28H2,1-12H3. The zero-order chi connectivity index (χ0) is 33.9. The second-order valence-corrected chi connectivity index (χ2v) is 16.6. The van der Waals surface area contributed by atoms with E-state index in [-0.39, 0.29) is 21.7 Å². The molecule has 0 saturated carbocycles. The third-order valence-electron chi connectivity index (χ3n) is 8.22. The van der Waals surface area contributed by atoms with Crippen LogP contribution in [-0.4, -0.2) is 0 Å². The smallest absolute Gasteiger partial charge is 0.119 e. The predicted molar refractivity (Wildman–Crippen MR) is 193 cm³/mol. The van der Waals surface area contributed by atoms with Crippen LogP contribution in [-0.2, 0) is 34.9 Å². The molecule has 4 nitrogen and oxygen atoms in total. The van der Waals surface area contributed by atoms with Gasteiger partial charge in [-0.2, -0.15) is 10.2 Å². The lowest BCUT2D eigenvalue weighted by molar-refractivity contribution is 0.305. The third-order valence-corrected chi connectivity index (χ3v) is 8.22. The molecule has 0 atom stereocenters. The van der Waals surface area contributed by atoms with Crippen molar-refractivity contribution in [1.82, 2.24) is 0 Å². The van der Waals surface area contributed by atoms with Crippen LogP contribution in [0.15, 0.2) is 95.2 Å². The molecule has 0 N–H and O–H groups in total. The Morgan fingerprint density at radius 3 is 0.891 bits per heavy atom. The lowest BCUT2D eigenvalue weighted by atomic mass is 9.79. The molecule has 4 aromatic carbocycles. The summed E-state index contributed by atoms with van der Waals surface area (Å²) >= 11 is 0. The summed E-state index contributed by atoms with van der Waals surface area (Å²) in [6, 6.07) is 29.2. The predicted octanol–water partition coefficient (Wildman–Crippen LogP) is 12.4. The van der Waals surface area contributed by atoms with Crippen LogP contribution in [0.3, 0.4) is 0 Å². The Balaban J connectivity index is 1.36. The highest BCUT2D eigenvalue weighted by Gasteiger charge is 2.22. The maximum absolute atomic E-state index is 6.17. The van der Waals surface area contributed by atoms with Gasteiger partial charge in [0.15, 0.2) is 0 Å². The Labute approximate surface area is 278 Å². The molecule has 0 unspecified atom stereocenters. The zero-order valence-corrected chi connectivity index (χ0v) is 30.2. The van der Waals surface area contributed by atoms with Crippen LogP contribution < -0.4 is 9.47 Å². The van der Waals surface area contributed by atoms with Crippen molar-refractivity contribution < 1.29 is 9.47 Å². The van der Waals surface area contributed by atoms with Gasteiger partial charge in [-0.05, 0) is 104 Å². The summed E-state index contributed by atoms with van der Waals surface area (Å²) in [4.78, 5) is 0. The normalized spacial score (nSPS) is 12.9. The van der Waals surface area contributed by atoms with Gasteiger partial charge in [-0.3, -0.25) is 0 Å². The fourth-order valence-electron chi connectivity index (χ4n) is 4.95. The van der Waals surface area contributed by atoms with E-state index in [2.05, 4.69) is 130 Å². The van der Waals surface area contributed by atoms with E-state index in [0.717, 1.165) is 22.9 Å². The van der Waals surface area contributed by atoms with Crippen molar-refractivity contribution >= 4 is 11.4 Å². The highest BCUT2D eigenvalue weighted by Crippen LogP contribution is 2.33. The van der Waals surface area contributed by atoms with Crippen molar-refractivity contribution in [2.45, 2.75) is 118 Å². The summed E-state index contributed by atoms with van der Waals surface area (Å²) in [6.07, 6.45) is 0. The quantitative estimate of drug-likeness (QED) is 0.184. The summed E-state index contributed by atoms with van der Waals surface area (Å²) in [5.41, 5.74) is 9.51. The van der Waals surface area contributed by atoms with Crippen molar-refractivity contribution in [3.05, 3.63) is 118 Å². The highest BCUT2D eigenvalue weighted by atomic mass is 16.5. The Morgan fingerprint density at radius 2 is 0.652 bits per heavy atom. The van der Waals surface area contributed by atoms with E-state index >= 15 is 0 Å². The Bertz CT molecular complexity index is 1450. The summed E-state index contributed by atoms with van der Waals surface area (Å²) in [7, 11) is 0. The summed E-state index contributed by atoms with van der Waals surface area (Å²) in [6.45, 7) is 28.1. The van der Waals surface area contributed by atoms with E-state index in [9.17, 15) is 0 Å². The van der Waals surface area contributed by atoms with E-state index in [0.29, 0.717) is 13.2 Å². The molecule has 4 rings (SSSR count). The summed E-state index contributed by atoms with van der Waals surface area (Å²) < 4.78 is 12.3. The van der Waals surface area contributed by atoms with E-state index in [4.69, 9.17) is 9.47 Å². The minimum Gasteiger partial charge on any atom is -0.489 e. The van der Waals surface area contributed by atoms with Gasteiger partial charge in [0.1, 0.15) is 24.7 Å². The minimum atomic E-state index is 0.0745. The molecule has 244 valence electrons. The molecule has 0 radical (unpaired) electrons. The second kappa shape index (κ2) is 13.4. The van der Waals surface area contributed by atoms with Gasteiger partial charge in [0.25, 0.3) is 0 Å². The van der Waals surface area contributed by atoms with E-state index < -0.39 is 0 Å². The number of hydrogen-bond donors (Lipinski definition) is 0. The topological polar surface area (TPSA) is 43.2 Å². The van der Waals surface area contributed by atoms with Gasteiger partial charge >= 0.3 is 0 Å². The number of azo groups is 1. The first kappa shape index (κ1) is 34.9. The van der Waals surface area contributed by atoms with Gasteiger partial charge in [0.2, 0.25) is 0 Å². The van der Waals surface area contributed by atoms with Crippen molar-refractivity contribution in [1.29, 1.82) is 0 Å². The minimum absolute atomic E-state index is 0.0745. The molecule has 0 aromatic heterocycles. The van der Waals surface area contributed by atoms with Crippen LogP contribution in [0.25, 0.3) is 0 Å². The van der Waals surface area contributed by atoms with Gasteiger partial charge in [-0.15, -0.1) is 0 Å². The maximum atomic E-state index is 6.17. The van der Waals surface area contributed by atoms with E-state index in [1.54, 1.807) is 0 Å². The first-order chi connectivity index (χ1) is 21.3. The molecule has 0 spiro atoms. The lowest BCUT2D eigenvalue weighted by Crippen LogP contribution is -2.17. The molecule has 4 heteroatoms. The van der Waals surface area contributed by atoms with Gasteiger partial charge < -0.3 is 9.47 Å². The van der Waals surface area contributed by atoms with Crippen LogP contribution in [0, 0.1) is 0 Å². The van der Waals surface area contributed by atoms with Gasteiger partial charge in [0.05, 0.1) is 11.4 Å². The lowest BCUT2D eigenvalue weighted by Gasteiger charge is -2.26. The Hall–Kier alpha value is -3.92.